The van der Waals surface area contributed by atoms with Gasteiger partial charge in [0.2, 0.25) is 0 Å². The highest BCUT2D eigenvalue weighted by Crippen LogP contribution is 2.21. The van der Waals surface area contributed by atoms with Crippen molar-refractivity contribution in [1.82, 2.24) is 30.4 Å². The molecular weight excluding hydrogens is 368 g/mol. The minimum atomic E-state index is -0.637. The lowest BCUT2D eigenvalue weighted by atomic mass is 10.1. The lowest BCUT2D eigenvalue weighted by molar-refractivity contribution is -0.139. The van der Waals surface area contributed by atoms with Crippen LogP contribution in [0, 0.1) is 0 Å². The largest absolute Gasteiger partial charge is 0.346 e. The summed E-state index contributed by atoms with van der Waals surface area (Å²) in [5, 5.41) is 5.44. The summed E-state index contributed by atoms with van der Waals surface area (Å²) in [7, 11) is 0. The van der Waals surface area contributed by atoms with Gasteiger partial charge in [0.15, 0.2) is 0 Å². The van der Waals surface area contributed by atoms with Crippen LogP contribution in [0.3, 0.4) is 0 Å². The molecule has 0 aliphatic carbocycles. The highest BCUT2D eigenvalue weighted by molar-refractivity contribution is 6.35. The lowest BCUT2D eigenvalue weighted by Gasteiger charge is -2.39. The van der Waals surface area contributed by atoms with E-state index in [0.29, 0.717) is 13.1 Å². The van der Waals surface area contributed by atoms with Crippen LogP contribution >= 0.6 is 0 Å². The molecule has 2 N–H and O–H groups in total. The summed E-state index contributed by atoms with van der Waals surface area (Å²) >= 11 is 0. The lowest BCUT2D eigenvalue weighted by Crippen LogP contribution is -2.50. The number of carbonyl (C=O) groups excluding carboxylic acids is 2. The molecule has 1 aliphatic heterocycles. The Morgan fingerprint density at radius 2 is 1.72 bits per heavy atom. The Morgan fingerprint density at radius 3 is 2.38 bits per heavy atom. The summed E-state index contributed by atoms with van der Waals surface area (Å²) in [6.07, 6.45) is 6.86. The Hall–Kier alpha value is -2.84. The highest BCUT2D eigenvalue weighted by atomic mass is 16.2. The SMILES string of the molecule is CCN1CCN([C@@H](CNC(=O)C(=O)NCc2ccncc2)c2cccnc2)CC1. The first kappa shape index (κ1) is 20.9. The van der Waals surface area contributed by atoms with Crippen LogP contribution in [0.15, 0.2) is 49.1 Å². The standard InChI is InChI=1S/C21H28N6O2/c1-2-26-10-12-27(13-11-26)19(18-4-3-7-23-15-18)16-25-21(29)20(28)24-14-17-5-8-22-9-6-17/h3-9,15,19H,2,10-14,16H2,1H3,(H,24,28)(H,25,29)/t19-/m0/s1. The number of nitrogens with one attached hydrogen (secondary N) is 2. The molecule has 2 aromatic rings. The molecule has 29 heavy (non-hydrogen) atoms. The molecule has 8 heteroatoms. The van der Waals surface area contributed by atoms with Crippen LogP contribution in [-0.4, -0.2) is 70.9 Å². The third-order valence-electron chi connectivity index (χ3n) is 5.23. The van der Waals surface area contributed by atoms with Gasteiger partial charge < -0.3 is 15.5 Å². The molecule has 3 rings (SSSR count). The molecule has 154 valence electrons. The number of rotatable bonds is 7. The van der Waals surface area contributed by atoms with Gasteiger partial charge in [-0.1, -0.05) is 13.0 Å². The van der Waals surface area contributed by atoms with Crippen LogP contribution in [0.5, 0.6) is 0 Å². The van der Waals surface area contributed by atoms with Gasteiger partial charge in [0.1, 0.15) is 0 Å². The minimum absolute atomic E-state index is 0.0142. The van der Waals surface area contributed by atoms with Gasteiger partial charge in [-0.25, -0.2) is 0 Å². The van der Waals surface area contributed by atoms with E-state index in [9.17, 15) is 9.59 Å². The van der Waals surface area contributed by atoms with Gasteiger partial charge in [-0.15, -0.1) is 0 Å². The average molecular weight is 396 g/mol. The molecule has 3 heterocycles. The van der Waals surface area contributed by atoms with E-state index in [1.54, 1.807) is 30.7 Å². The first-order chi connectivity index (χ1) is 14.2. The first-order valence-electron chi connectivity index (χ1n) is 9.98. The fraction of sp³-hybridized carbons (Fsp3) is 0.429. The fourth-order valence-electron chi connectivity index (χ4n) is 3.46. The molecule has 1 atom stereocenters. The number of pyridine rings is 2. The van der Waals surface area contributed by atoms with Crippen molar-refractivity contribution in [2.24, 2.45) is 0 Å². The second kappa shape index (κ2) is 10.6. The van der Waals surface area contributed by atoms with Gasteiger partial charge in [0.25, 0.3) is 0 Å². The maximum atomic E-state index is 12.3. The maximum absolute atomic E-state index is 12.3. The Bertz CT molecular complexity index is 778. The summed E-state index contributed by atoms with van der Waals surface area (Å²) < 4.78 is 0. The van der Waals surface area contributed by atoms with Crippen molar-refractivity contribution < 1.29 is 9.59 Å². The predicted octanol–water partition coefficient (Wildman–Crippen LogP) is 0.588. The number of likely N-dealkylation sites (N-methyl/N-ethyl adjacent to an activating group) is 1. The molecule has 0 unspecified atom stereocenters. The molecule has 0 radical (unpaired) electrons. The molecule has 1 aliphatic rings. The molecule has 0 saturated carbocycles. The molecule has 0 aromatic carbocycles. The Labute approximate surface area is 171 Å². The van der Waals surface area contributed by atoms with Gasteiger partial charge >= 0.3 is 11.8 Å². The number of carbonyl (C=O) groups is 2. The summed E-state index contributed by atoms with van der Waals surface area (Å²) in [4.78, 5) is 37.4. The second-order valence-corrected chi connectivity index (χ2v) is 7.02. The van der Waals surface area contributed by atoms with Gasteiger partial charge in [0, 0.05) is 64.1 Å². The van der Waals surface area contributed by atoms with Crippen LogP contribution in [0.2, 0.25) is 0 Å². The monoisotopic (exact) mass is 396 g/mol. The van der Waals surface area contributed by atoms with E-state index >= 15 is 0 Å². The van der Waals surface area contributed by atoms with Crippen LogP contribution in [0.1, 0.15) is 24.1 Å². The summed E-state index contributed by atoms with van der Waals surface area (Å²) in [5.41, 5.74) is 1.93. The van der Waals surface area contributed by atoms with E-state index in [1.807, 2.05) is 18.3 Å². The van der Waals surface area contributed by atoms with Crippen molar-refractivity contribution in [3.8, 4) is 0 Å². The molecule has 1 fully saturated rings. The molecule has 2 aromatic heterocycles. The number of piperazine rings is 1. The maximum Gasteiger partial charge on any atom is 0.309 e. The molecule has 1 saturated heterocycles. The molecule has 2 amide bonds. The Kier molecular flexibility index (Phi) is 7.66. The first-order valence-corrected chi connectivity index (χ1v) is 9.98. The molecule has 0 bridgehead atoms. The fourth-order valence-corrected chi connectivity index (χ4v) is 3.46. The summed E-state index contributed by atoms with van der Waals surface area (Å²) in [6, 6.07) is 7.49. The predicted molar refractivity (Wildman–Crippen MR) is 110 cm³/mol. The molecule has 8 nitrogen and oxygen atoms in total. The van der Waals surface area contributed by atoms with Crippen molar-refractivity contribution in [2.75, 3.05) is 39.3 Å². The second-order valence-electron chi connectivity index (χ2n) is 7.02. The average Bonchev–Trinajstić information content (AvgIpc) is 2.79. The third-order valence-corrected chi connectivity index (χ3v) is 5.23. The number of nitrogens with zero attached hydrogens (tertiary/aromatic N) is 4. The number of amides is 2. The van der Waals surface area contributed by atoms with Crippen LogP contribution < -0.4 is 10.6 Å². The van der Waals surface area contributed by atoms with Crippen LogP contribution in [0.25, 0.3) is 0 Å². The van der Waals surface area contributed by atoms with E-state index in [-0.39, 0.29) is 6.04 Å². The van der Waals surface area contributed by atoms with Crippen molar-refractivity contribution in [3.05, 3.63) is 60.2 Å². The van der Waals surface area contributed by atoms with E-state index < -0.39 is 11.8 Å². The summed E-state index contributed by atoms with van der Waals surface area (Å²) in [5.74, 6) is -1.26. The van der Waals surface area contributed by atoms with E-state index in [4.69, 9.17) is 0 Å². The van der Waals surface area contributed by atoms with E-state index in [1.165, 1.54) is 0 Å². The van der Waals surface area contributed by atoms with Crippen molar-refractivity contribution in [3.63, 3.8) is 0 Å². The Balaban J connectivity index is 1.56. The van der Waals surface area contributed by atoms with Gasteiger partial charge in [0.05, 0.1) is 6.04 Å². The van der Waals surface area contributed by atoms with Gasteiger partial charge in [-0.3, -0.25) is 24.5 Å². The van der Waals surface area contributed by atoms with E-state index in [0.717, 1.165) is 43.9 Å². The normalized spacial score (nSPS) is 16.2. The van der Waals surface area contributed by atoms with E-state index in [2.05, 4.69) is 37.3 Å². The van der Waals surface area contributed by atoms with Crippen LogP contribution in [0.4, 0.5) is 0 Å². The zero-order valence-corrected chi connectivity index (χ0v) is 16.8. The van der Waals surface area contributed by atoms with Crippen LogP contribution in [-0.2, 0) is 16.1 Å². The molecule has 0 spiro atoms. The highest BCUT2D eigenvalue weighted by Gasteiger charge is 2.26. The smallest absolute Gasteiger partial charge is 0.309 e. The Morgan fingerprint density at radius 1 is 1.00 bits per heavy atom. The minimum Gasteiger partial charge on any atom is -0.346 e. The molecular formula is C21H28N6O2. The zero-order chi connectivity index (χ0) is 20.5. The number of hydrogen-bond acceptors (Lipinski definition) is 6. The van der Waals surface area contributed by atoms with Gasteiger partial charge in [-0.2, -0.15) is 0 Å². The van der Waals surface area contributed by atoms with Crippen molar-refractivity contribution in [1.29, 1.82) is 0 Å². The van der Waals surface area contributed by atoms with Crippen molar-refractivity contribution >= 4 is 11.8 Å². The number of hydrogen-bond donors (Lipinski definition) is 2. The zero-order valence-electron chi connectivity index (χ0n) is 16.8. The van der Waals surface area contributed by atoms with Gasteiger partial charge in [-0.05, 0) is 35.9 Å². The van der Waals surface area contributed by atoms with Crippen molar-refractivity contribution in [2.45, 2.75) is 19.5 Å². The third kappa shape index (κ3) is 6.07. The summed E-state index contributed by atoms with van der Waals surface area (Å²) in [6.45, 7) is 7.67. The quantitative estimate of drug-likeness (QED) is 0.666. The topological polar surface area (TPSA) is 90.5 Å². The number of aromatic nitrogens is 2.